The summed E-state index contributed by atoms with van der Waals surface area (Å²) in [5.41, 5.74) is 2.89. The maximum Gasteiger partial charge on any atom is 0.243 e. The van der Waals surface area contributed by atoms with Crippen molar-refractivity contribution in [3.05, 3.63) is 71.3 Å². The molecule has 7 heteroatoms. The van der Waals surface area contributed by atoms with Crippen molar-refractivity contribution in [2.75, 3.05) is 26.4 Å². The highest BCUT2D eigenvalue weighted by Gasteiger charge is 2.30. The van der Waals surface area contributed by atoms with Crippen LogP contribution in [0.5, 0.6) is 0 Å². The topological polar surface area (TPSA) is 69.7 Å². The first kappa shape index (κ1) is 21.5. The molecule has 1 aliphatic rings. The summed E-state index contributed by atoms with van der Waals surface area (Å²) < 4.78 is 25.2. The lowest BCUT2D eigenvalue weighted by atomic mass is 10.1. The van der Waals surface area contributed by atoms with E-state index in [0.29, 0.717) is 12.1 Å². The third-order valence-electron chi connectivity index (χ3n) is 5.34. The van der Waals surface area contributed by atoms with Crippen molar-refractivity contribution in [1.29, 1.82) is 0 Å². The van der Waals surface area contributed by atoms with Crippen LogP contribution in [0.2, 0.25) is 0 Å². The van der Waals surface area contributed by atoms with E-state index in [-0.39, 0.29) is 5.91 Å². The van der Waals surface area contributed by atoms with Gasteiger partial charge in [-0.3, -0.25) is 9.69 Å². The number of hydrogen-bond acceptors (Lipinski definition) is 4. The highest BCUT2D eigenvalue weighted by atomic mass is 32.2. The summed E-state index contributed by atoms with van der Waals surface area (Å²) in [5, 5.41) is 2.89. The SMILES string of the molecule is CN([C@H](C(=O)NCc1ccc(CN2CCCC2)cc1)c1ccccc1)S(C)(=O)=O. The quantitative estimate of drug-likeness (QED) is 0.719. The van der Waals surface area contributed by atoms with Gasteiger partial charge in [-0.25, -0.2) is 8.42 Å². The summed E-state index contributed by atoms with van der Waals surface area (Å²) in [6.07, 6.45) is 3.65. The van der Waals surface area contributed by atoms with Crippen LogP contribution in [0, 0.1) is 0 Å². The number of amides is 1. The van der Waals surface area contributed by atoms with Gasteiger partial charge in [-0.2, -0.15) is 4.31 Å². The molecule has 1 N–H and O–H groups in total. The smallest absolute Gasteiger partial charge is 0.243 e. The van der Waals surface area contributed by atoms with Crippen LogP contribution in [-0.2, 0) is 27.9 Å². The monoisotopic (exact) mass is 415 g/mol. The van der Waals surface area contributed by atoms with Crippen molar-refractivity contribution in [1.82, 2.24) is 14.5 Å². The van der Waals surface area contributed by atoms with Gasteiger partial charge in [-0.15, -0.1) is 0 Å². The molecule has 3 rings (SSSR count). The van der Waals surface area contributed by atoms with Crippen LogP contribution in [0.1, 0.15) is 35.6 Å². The largest absolute Gasteiger partial charge is 0.350 e. The molecule has 1 atom stereocenters. The van der Waals surface area contributed by atoms with E-state index >= 15 is 0 Å². The van der Waals surface area contributed by atoms with Crippen molar-refractivity contribution in [3.63, 3.8) is 0 Å². The van der Waals surface area contributed by atoms with Crippen LogP contribution in [0.4, 0.5) is 0 Å². The maximum absolute atomic E-state index is 12.9. The summed E-state index contributed by atoms with van der Waals surface area (Å²) in [5.74, 6) is -0.342. The third kappa shape index (κ3) is 5.88. The normalized spacial score (nSPS) is 16.1. The molecule has 6 nitrogen and oxygen atoms in total. The summed E-state index contributed by atoms with van der Waals surface area (Å²) in [7, 11) is -2.10. The maximum atomic E-state index is 12.9. The van der Waals surface area contributed by atoms with Gasteiger partial charge in [0, 0.05) is 20.1 Å². The molecular formula is C22H29N3O3S. The Kier molecular flexibility index (Phi) is 7.05. The lowest BCUT2D eigenvalue weighted by Gasteiger charge is -2.25. The Labute approximate surface area is 173 Å². The highest BCUT2D eigenvalue weighted by Crippen LogP contribution is 2.22. The van der Waals surface area contributed by atoms with Gasteiger partial charge in [0.05, 0.1) is 6.26 Å². The highest BCUT2D eigenvalue weighted by molar-refractivity contribution is 7.88. The fourth-order valence-electron chi connectivity index (χ4n) is 3.60. The zero-order valence-electron chi connectivity index (χ0n) is 17.0. The van der Waals surface area contributed by atoms with E-state index in [1.807, 2.05) is 18.2 Å². The minimum absolute atomic E-state index is 0.342. The van der Waals surface area contributed by atoms with E-state index in [1.54, 1.807) is 24.3 Å². The van der Waals surface area contributed by atoms with Crippen LogP contribution in [0.15, 0.2) is 54.6 Å². The van der Waals surface area contributed by atoms with Gasteiger partial charge in [0.25, 0.3) is 0 Å². The molecule has 0 saturated carbocycles. The lowest BCUT2D eigenvalue weighted by molar-refractivity contribution is -0.124. The molecule has 0 unspecified atom stereocenters. The molecule has 2 aromatic carbocycles. The number of hydrogen-bond donors (Lipinski definition) is 1. The van der Waals surface area contributed by atoms with Crippen LogP contribution in [0.25, 0.3) is 0 Å². The van der Waals surface area contributed by atoms with Gasteiger partial charge in [0.15, 0.2) is 0 Å². The predicted octanol–water partition coefficient (Wildman–Crippen LogP) is 2.53. The third-order valence-corrected chi connectivity index (χ3v) is 6.60. The summed E-state index contributed by atoms with van der Waals surface area (Å²) in [6, 6.07) is 16.3. The number of nitrogens with zero attached hydrogens (tertiary/aromatic N) is 2. The lowest BCUT2D eigenvalue weighted by Crippen LogP contribution is -2.41. The van der Waals surface area contributed by atoms with Crippen molar-refractivity contribution in [3.8, 4) is 0 Å². The van der Waals surface area contributed by atoms with Gasteiger partial charge in [-0.1, -0.05) is 54.6 Å². The average molecular weight is 416 g/mol. The zero-order chi connectivity index (χ0) is 20.9. The summed E-state index contributed by atoms with van der Waals surface area (Å²) in [6.45, 7) is 3.63. The van der Waals surface area contributed by atoms with Gasteiger partial charge < -0.3 is 5.32 Å². The van der Waals surface area contributed by atoms with E-state index in [0.717, 1.165) is 35.8 Å². The Morgan fingerprint density at radius 1 is 1.03 bits per heavy atom. The molecule has 0 radical (unpaired) electrons. The number of benzene rings is 2. The fraction of sp³-hybridized carbons (Fsp3) is 0.409. The van der Waals surface area contributed by atoms with Crippen LogP contribution >= 0.6 is 0 Å². The molecule has 0 aliphatic carbocycles. The standard InChI is InChI=1S/C22H29N3O3S/c1-24(29(2,27)28)21(20-8-4-3-5-9-20)22(26)23-16-18-10-12-19(13-11-18)17-25-14-6-7-15-25/h3-5,8-13,21H,6-7,14-17H2,1-2H3,(H,23,26)/t21-/m0/s1. The molecule has 1 aliphatic heterocycles. The van der Waals surface area contributed by atoms with Gasteiger partial charge in [-0.05, 0) is 42.6 Å². The molecule has 2 aromatic rings. The molecule has 1 saturated heterocycles. The first-order chi connectivity index (χ1) is 13.8. The molecule has 0 bridgehead atoms. The molecule has 0 spiro atoms. The van der Waals surface area contributed by atoms with Crippen LogP contribution in [-0.4, -0.2) is 49.9 Å². The fourth-order valence-corrected chi connectivity index (χ4v) is 4.20. The Morgan fingerprint density at radius 2 is 1.62 bits per heavy atom. The van der Waals surface area contributed by atoms with E-state index in [9.17, 15) is 13.2 Å². The van der Waals surface area contributed by atoms with E-state index in [4.69, 9.17) is 0 Å². The Hall–Kier alpha value is -2.22. The van der Waals surface area contributed by atoms with E-state index in [1.165, 1.54) is 25.5 Å². The van der Waals surface area contributed by atoms with Gasteiger partial charge in [0.2, 0.25) is 15.9 Å². The number of nitrogens with one attached hydrogen (secondary N) is 1. The van der Waals surface area contributed by atoms with Crippen molar-refractivity contribution >= 4 is 15.9 Å². The second kappa shape index (κ2) is 9.52. The average Bonchev–Trinajstić information content (AvgIpc) is 3.21. The second-order valence-electron chi connectivity index (χ2n) is 7.61. The minimum atomic E-state index is -3.53. The minimum Gasteiger partial charge on any atom is -0.350 e. The van der Waals surface area contributed by atoms with Gasteiger partial charge >= 0.3 is 0 Å². The number of likely N-dealkylation sites (N-methyl/N-ethyl adjacent to an activating group) is 1. The molecule has 1 fully saturated rings. The summed E-state index contributed by atoms with van der Waals surface area (Å²) >= 11 is 0. The Morgan fingerprint density at radius 3 is 2.21 bits per heavy atom. The molecule has 0 aromatic heterocycles. The molecule has 156 valence electrons. The summed E-state index contributed by atoms with van der Waals surface area (Å²) in [4.78, 5) is 15.3. The van der Waals surface area contributed by atoms with E-state index in [2.05, 4.69) is 22.3 Å². The van der Waals surface area contributed by atoms with Crippen molar-refractivity contribution < 1.29 is 13.2 Å². The van der Waals surface area contributed by atoms with Crippen molar-refractivity contribution in [2.45, 2.75) is 32.0 Å². The number of sulfonamides is 1. The number of likely N-dealkylation sites (tertiary alicyclic amines) is 1. The predicted molar refractivity (Wildman–Crippen MR) is 115 cm³/mol. The first-order valence-corrected chi connectivity index (χ1v) is 11.8. The molecular weight excluding hydrogens is 386 g/mol. The number of carbonyl (C=O) groups excluding carboxylic acids is 1. The van der Waals surface area contributed by atoms with Crippen LogP contribution < -0.4 is 5.32 Å². The second-order valence-corrected chi connectivity index (χ2v) is 9.65. The van der Waals surface area contributed by atoms with Crippen molar-refractivity contribution in [2.24, 2.45) is 0 Å². The Bertz CT molecular complexity index is 908. The molecule has 29 heavy (non-hydrogen) atoms. The Balaban J connectivity index is 1.65. The zero-order valence-corrected chi connectivity index (χ0v) is 17.9. The van der Waals surface area contributed by atoms with E-state index < -0.39 is 16.1 Å². The number of carbonyl (C=O) groups is 1. The van der Waals surface area contributed by atoms with Gasteiger partial charge in [0.1, 0.15) is 6.04 Å². The van der Waals surface area contributed by atoms with Crippen LogP contribution in [0.3, 0.4) is 0 Å². The first-order valence-electron chi connectivity index (χ1n) is 9.90. The molecule has 1 amide bonds. The number of rotatable bonds is 8. The molecule has 1 heterocycles.